The molecule has 1 heterocycles. The fourth-order valence-electron chi connectivity index (χ4n) is 3.29. The zero-order valence-corrected chi connectivity index (χ0v) is 15.8. The van der Waals surface area contributed by atoms with Gasteiger partial charge in [-0.25, -0.2) is 0 Å². The summed E-state index contributed by atoms with van der Waals surface area (Å²) in [4.78, 5) is 0. The van der Waals surface area contributed by atoms with Crippen LogP contribution in [0.1, 0.15) is 37.7 Å². The van der Waals surface area contributed by atoms with Crippen molar-refractivity contribution in [2.45, 2.75) is 37.4 Å². The average molecular weight is 377 g/mol. The zero-order chi connectivity index (χ0) is 16.1. The van der Waals surface area contributed by atoms with Gasteiger partial charge in [0.05, 0.1) is 0 Å². The van der Waals surface area contributed by atoms with Crippen molar-refractivity contribution in [1.29, 1.82) is 0 Å². The molecule has 0 aromatic heterocycles. The molecule has 3 rings (SSSR count). The first-order chi connectivity index (χ1) is 11.3. The third-order valence-electron chi connectivity index (χ3n) is 4.68. The number of ether oxygens (including phenoxy) is 2. The van der Waals surface area contributed by atoms with E-state index >= 15 is 0 Å². The Labute approximate surface area is 146 Å². The van der Waals surface area contributed by atoms with Gasteiger partial charge in [-0.1, -0.05) is 0 Å². The molecule has 0 amide bonds. The van der Waals surface area contributed by atoms with Crippen LogP contribution >= 0.6 is 0 Å². The third-order valence-corrected chi connectivity index (χ3v) is 7.19. The maximum atomic E-state index is 5.91. The first kappa shape index (κ1) is 16.8. The molecule has 1 aromatic carbocycles. The van der Waals surface area contributed by atoms with Crippen LogP contribution in [-0.2, 0) is 4.74 Å². The van der Waals surface area contributed by atoms with Crippen LogP contribution in [0, 0.1) is 5.92 Å². The number of allylic oxidation sites excluding steroid dienone is 2. The number of rotatable bonds is 6. The van der Waals surface area contributed by atoms with E-state index < -0.39 is 0 Å². The molecule has 3 heteroatoms. The van der Waals surface area contributed by atoms with Crippen molar-refractivity contribution in [3.63, 3.8) is 0 Å². The van der Waals surface area contributed by atoms with E-state index in [1.54, 1.807) is 17.2 Å². The van der Waals surface area contributed by atoms with E-state index in [2.05, 4.69) is 43.3 Å². The summed E-state index contributed by atoms with van der Waals surface area (Å²) in [7, 11) is 1.72. The van der Waals surface area contributed by atoms with Crippen molar-refractivity contribution in [1.82, 2.24) is 0 Å². The molecular formula is C20H26O2Se. The Balaban J connectivity index is 1.74. The van der Waals surface area contributed by atoms with Crippen LogP contribution in [0.3, 0.4) is 0 Å². The van der Waals surface area contributed by atoms with Gasteiger partial charge < -0.3 is 0 Å². The van der Waals surface area contributed by atoms with Crippen LogP contribution in [0.2, 0.25) is 5.32 Å². The molecule has 0 saturated heterocycles. The normalized spacial score (nSPS) is 23.7. The van der Waals surface area contributed by atoms with Gasteiger partial charge in [0.1, 0.15) is 0 Å². The monoisotopic (exact) mass is 378 g/mol. The van der Waals surface area contributed by atoms with Gasteiger partial charge in [-0.3, -0.25) is 0 Å². The first-order valence-electron chi connectivity index (χ1n) is 8.57. The molecule has 124 valence electrons. The molecule has 0 spiro atoms. The summed E-state index contributed by atoms with van der Waals surface area (Å²) in [5.74, 6) is 2.01. The fourth-order valence-corrected chi connectivity index (χ4v) is 5.90. The Bertz CT molecular complexity index is 574. The molecule has 0 radical (unpaired) electrons. The van der Waals surface area contributed by atoms with Crippen molar-refractivity contribution >= 4 is 15.0 Å². The van der Waals surface area contributed by atoms with Crippen LogP contribution in [-0.4, -0.2) is 35.3 Å². The van der Waals surface area contributed by atoms with Gasteiger partial charge in [-0.15, -0.1) is 0 Å². The molecule has 1 aliphatic heterocycles. The van der Waals surface area contributed by atoms with Crippen molar-refractivity contribution in [3.8, 4) is 5.75 Å². The minimum atomic E-state index is 0.501. The van der Waals surface area contributed by atoms with Crippen molar-refractivity contribution in [2.75, 3.05) is 20.3 Å². The van der Waals surface area contributed by atoms with Gasteiger partial charge in [0.15, 0.2) is 0 Å². The predicted octanol–water partition coefficient (Wildman–Crippen LogP) is 4.56. The number of benzene rings is 1. The van der Waals surface area contributed by atoms with Gasteiger partial charge >= 0.3 is 146 Å². The molecule has 2 atom stereocenters. The van der Waals surface area contributed by atoms with E-state index in [-0.39, 0.29) is 0 Å². The van der Waals surface area contributed by atoms with Gasteiger partial charge in [-0.05, 0) is 0 Å². The molecule has 0 bridgehead atoms. The number of methoxy groups -OCH3 is 1. The fraction of sp³-hybridized carbons (Fsp3) is 0.500. The van der Waals surface area contributed by atoms with Crippen LogP contribution in [0.4, 0.5) is 0 Å². The SMILES string of the molecule is CCCC[Se]C1=C2C=C[C@@H](c3ccc(OC)cc3)C[C@@H]2COC1. The Morgan fingerprint density at radius 1 is 1.26 bits per heavy atom. The van der Waals surface area contributed by atoms with E-state index in [9.17, 15) is 0 Å². The van der Waals surface area contributed by atoms with Crippen LogP contribution in [0.5, 0.6) is 5.75 Å². The molecule has 2 nitrogen and oxygen atoms in total. The molecule has 1 aromatic rings. The van der Waals surface area contributed by atoms with Gasteiger partial charge in [0, 0.05) is 0 Å². The molecule has 0 fully saturated rings. The number of hydrogen-bond donors (Lipinski definition) is 0. The Kier molecular flexibility index (Phi) is 5.99. The van der Waals surface area contributed by atoms with Crippen LogP contribution in [0.15, 0.2) is 46.5 Å². The number of unbranched alkanes of at least 4 members (excludes halogenated alkanes) is 1. The molecule has 2 aliphatic rings. The Hall–Kier alpha value is -1.02. The minimum absolute atomic E-state index is 0.501. The molecule has 0 saturated carbocycles. The second kappa shape index (κ2) is 8.19. The standard InChI is InChI=1S/C20H26O2Se/c1-3-4-11-23-20-14-22-13-17-12-16(7-10-19(17)20)15-5-8-18(21-2)9-6-15/h5-10,16-17H,3-4,11-14H2,1-2H3/t16-,17-/m1/s1. The van der Waals surface area contributed by atoms with E-state index in [1.165, 1.54) is 30.1 Å². The van der Waals surface area contributed by atoms with Gasteiger partial charge in [0.25, 0.3) is 0 Å². The predicted molar refractivity (Wildman–Crippen MR) is 96.3 cm³/mol. The second-order valence-corrected chi connectivity index (χ2v) is 8.76. The van der Waals surface area contributed by atoms with E-state index in [0.717, 1.165) is 19.0 Å². The number of hydrogen-bond acceptors (Lipinski definition) is 2. The summed E-state index contributed by atoms with van der Waals surface area (Å²) in [5.41, 5.74) is 2.97. The molecule has 0 unspecified atom stereocenters. The topological polar surface area (TPSA) is 18.5 Å². The Morgan fingerprint density at radius 2 is 2.09 bits per heavy atom. The average Bonchev–Trinajstić information content (AvgIpc) is 2.62. The second-order valence-electron chi connectivity index (χ2n) is 6.27. The van der Waals surface area contributed by atoms with Crippen LogP contribution < -0.4 is 4.74 Å². The molecule has 0 N–H and O–H groups in total. The summed E-state index contributed by atoms with van der Waals surface area (Å²) in [6.07, 6.45) is 8.61. The van der Waals surface area contributed by atoms with E-state index in [4.69, 9.17) is 9.47 Å². The maximum absolute atomic E-state index is 5.91. The Morgan fingerprint density at radius 3 is 2.83 bits per heavy atom. The number of fused-ring (bicyclic) bond motifs is 1. The quantitative estimate of drug-likeness (QED) is 0.534. The third kappa shape index (κ3) is 4.09. The summed E-state index contributed by atoms with van der Waals surface area (Å²) >= 11 is 0.612. The molecular weight excluding hydrogens is 351 g/mol. The van der Waals surface area contributed by atoms with Crippen molar-refractivity contribution in [3.05, 3.63) is 52.0 Å². The summed E-state index contributed by atoms with van der Waals surface area (Å²) in [6, 6.07) is 8.51. The molecule has 23 heavy (non-hydrogen) atoms. The van der Waals surface area contributed by atoms with Gasteiger partial charge in [0.2, 0.25) is 0 Å². The first-order valence-corrected chi connectivity index (χ1v) is 10.6. The van der Waals surface area contributed by atoms with Crippen molar-refractivity contribution < 1.29 is 9.47 Å². The van der Waals surface area contributed by atoms with E-state index in [1.807, 2.05) is 0 Å². The summed E-state index contributed by atoms with van der Waals surface area (Å²) in [6.45, 7) is 4.03. The van der Waals surface area contributed by atoms with Crippen molar-refractivity contribution in [2.24, 2.45) is 5.92 Å². The van der Waals surface area contributed by atoms with Crippen LogP contribution in [0.25, 0.3) is 0 Å². The summed E-state index contributed by atoms with van der Waals surface area (Å²) in [5, 5.41) is 1.36. The van der Waals surface area contributed by atoms with Gasteiger partial charge in [-0.2, -0.15) is 0 Å². The summed E-state index contributed by atoms with van der Waals surface area (Å²) < 4.78 is 12.8. The zero-order valence-electron chi connectivity index (χ0n) is 14.1. The van der Waals surface area contributed by atoms with E-state index in [0.29, 0.717) is 26.8 Å². The molecule has 1 aliphatic carbocycles.